The first-order chi connectivity index (χ1) is 17.1. The summed E-state index contributed by atoms with van der Waals surface area (Å²) in [4.78, 5) is 28.2. The zero-order chi connectivity index (χ0) is 23.9. The molecule has 0 atom stereocenters. The summed E-state index contributed by atoms with van der Waals surface area (Å²) in [6.45, 7) is 0. The molecular formula is C30H25NO3S. The average molecular weight is 480 g/mol. The van der Waals surface area contributed by atoms with Gasteiger partial charge in [-0.2, -0.15) is 0 Å². The highest BCUT2D eigenvalue weighted by Gasteiger charge is 2.32. The van der Waals surface area contributed by atoms with Gasteiger partial charge in [-0.15, -0.1) is 11.3 Å². The first-order valence-electron chi connectivity index (χ1n) is 11.9. The lowest BCUT2D eigenvalue weighted by Crippen LogP contribution is -2.21. The van der Waals surface area contributed by atoms with Gasteiger partial charge in [-0.05, 0) is 58.2 Å². The van der Waals surface area contributed by atoms with E-state index in [9.17, 15) is 9.59 Å². The second-order valence-electron chi connectivity index (χ2n) is 9.18. The molecule has 3 aromatic carbocycles. The molecule has 1 fully saturated rings. The molecule has 2 heterocycles. The van der Waals surface area contributed by atoms with Crippen LogP contribution in [0.5, 0.6) is 0 Å². The normalized spacial score (nSPS) is 13.4. The molecule has 0 N–H and O–H groups in total. The molecule has 174 valence electrons. The van der Waals surface area contributed by atoms with Gasteiger partial charge in [-0.1, -0.05) is 72.8 Å². The molecule has 35 heavy (non-hydrogen) atoms. The molecule has 1 aliphatic rings. The van der Waals surface area contributed by atoms with Crippen molar-refractivity contribution in [3.63, 3.8) is 0 Å². The summed E-state index contributed by atoms with van der Waals surface area (Å²) < 4.78 is 6.74. The maximum absolute atomic E-state index is 13.5. The Bertz CT molecular complexity index is 1620. The summed E-state index contributed by atoms with van der Waals surface area (Å²) in [6, 6.07) is 26.5. The molecule has 1 aliphatic carbocycles. The predicted octanol–water partition coefficient (Wildman–Crippen LogP) is 6.36. The standard InChI is InChI=1S/C30H25NO3S/c1-34-30(33)28-25(16-19-8-3-2-4-9-19)35-29-27(21-14-15-21)23(18-26(32)31(28)29)17-22-12-7-11-20-10-5-6-13-24(20)22/h2-13,18,21H,14-17H2,1H3. The second kappa shape index (κ2) is 8.82. The number of aromatic nitrogens is 1. The molecule has 5 aromatic rings. The lowest BCUT2D eigenvalue weighted by molar-refractivity contribution is 0.0591. The molecule has 0 saturated heterocycles. The van der Waals surface area contributed by atoms with Crippen molar-refractivity contribution in [1.29, 1.82) is 0 Å². The Hall–Kier alpha value is -3.70. The number of hydrogen-bond donors (Lipinski definition) is 0. The Morgan fingerprint density at radius 1 is 0.943 bits per heavy atom. The molecule has 0 aliphatic heterocycles. The van der Waals surface area contributed by atoms with Crippen molar-refractivity contribution >= 4 is 32.9 Å². The van der Waals surface area contributed by atoms with Crippen molar-refractivity contribution < 1.29 is 9.53 Å². The van der Waals surface area contributed by atoms with E-state index in [1.807, 2.05) is 30.3 Å². The average Bonchev–Trinajstić information content (AvgIpc) is 3.64. The predicted molar refractivity (Wildman–Crippen MR) is 141 cm³/mol. The number of fused-ring (bicyclic) bond motifs is 2. The SMILES string of the molecule is COC(=O)c1c(Cc2ccccc2)sc2c(C3CC3)c(Cc3cccc4ccccc34)cc(=O)n12. The van der Waals surface area contributed by atoms with E-state index in [1.165, 1.54) is 29.0 Å². The Morgan fingerprint density at radius 3 is 2.46 bits per heavy atom. The Kier molecular flexibility index (Phi) is 5.50. The minimum absolute atomic E-state index is 0.171. The van der Waals surface area contributed by atoms with Gasteiger partial charge in [0.25, 0.3) is 5.56 Å². The van der Waals surface area contributed by atoms with Gasteiger partial charge < -0.3 is 4.74 Å². The number of hydrogen-bond acceptors (Lipinski definition) is 4. The molecule has 0 unspecified atom stereocenters. The largest absolute Gasteiger partial charge is 0.464 e. The summed E-state index contributed by atoms with van der Waals surface area (Å²) in [7, 11) is 1.37. The minimum atomic E-state index is -0.465. The topological polar surface area (TPSA) is 47.8 Å². The number of carbonyl (C=O) groups is 1. The monoisotopic (exact) mass is 479 g/mol. The minimum Gasteiger partial charge on any atom is -0.464 e. The van der Waals surface area contributed by atoms with Crippen LogP contribution in [0.2, 0.25) is 0 Å². The van der Waals surface area contributed by atoms with Gasteiger partial charge in [-0.25, -0.2) is 4.79 Å². The molecule has 0 amide bonds. The maximum Gasteiger partial charge on any atom is 0.356 e. The number of thiazole rings is 1. The molecule has 0 bridgehead atoms. The summed E-state index contributed by atoms with van der Waals surface area (Å²) in [5.74, 6) is -0.0443. The van der Waals surface area contributed by atoms with E-state index in [1.54, 1.807) is 21.8 Å². The fraction of sp³-hybridized carbons (Fsp3) is 0.200. The third-order valence-corrected chi connectivity index (χ3v) is 8.02. The van der Waals surface area contributed by atoms with Crippen LogP contribution in [0.25, 0.3) is 15.6 Å². The van der Waals surface area contributed by atoms with Gasteiger partial charge in [-0.3, -0.25) is 9.20 Å². The lowest BCUT2D eigenvalue weighted by Gasteiger charge is -2.13. The third-order valence-electron chi connectivity index (χ3n) is 6.84. The molecule has 1 saturated carbocycles. The number of pyridine rings is 1. The fourth-order valence-corrected chi connectivity index (χ4v) is 6.48. The zero-order valence-electron chi connectivity index (χ0n) is 19.5. The molecule has 4 nitrogen and oxygen atoms in total. The number of rotatable bonds is 6. The first kappa shape index (κ1) is 21.8. The van der Waals surface area contributed by atoms with Gasteiger partial charge in [0.1, 0.15) is 10.5 Å². The number of ether oxygens (including phenoxy) is 1. The highest BCUT2D eigenvalue weighted by atomic mass is 32.1. The van der Waals surface area contributed by atoms with Gasteiger partial charge in [0, 0.05) is 17.4 Å². The Morgan fingerprint density at radius 2 is 1.69 bits per heavy atom. The number of nitrogens with zero attached hydrogens (tertiary/aromatic N) is 1. The van der Waals surface area contributed by atoms with Crippen LogP contribution < -0.4 is 5.56 Å². The van der Waals surface area contributed by atoms with Gasteiger partial charge in [0.05, 0.1) is 7.11 Å². The molecule has 2 aromatic heterocycles. The third kappa shape index (κ3) is 3.96. The molecular weight excluding hydrogens is 454 g/mol. The number of benzene rings is 3. The van der Waals surface area contributed by atoms with Crippen molar-refractivity contribution in [2.75, 3.05) is 7.11 Å². The Balaban J connectivity index is 1.55. The second-order valence-corrected chi connectivity index (χ2v) is 10.3. The molecule has 0 spiro atoms. The van der Waals surface area contributed by atoms with Crippen molar-refractivity contribution in [1.82, 2.24) is 4.40 Å². The smallest absolute Gasteiger partial charge is 0.356 e. The van der Waals surface area contributed by atoms with E-state index in [4.69, 9.17) is 4.74 Å². The highest BCUT2D eigenvalue weighted by molar-refractivity contribution is 7.18. The van der Waals surface area contributed by atoms with Crippen LogP contribution in [0.4, 0.5) is 0 Å². The molecule has 6 rings (SSSR count). The van der Waals surface area contributed by atoms with Gasteiger partial charge in [0.2, 0.25) is 0 Å². The summed E-state index contributed by atoms with van der Waals surface area (Å²) in [5, 5.41) is 2.41. The van der Waals surface area contributed by atoms with E-state index in [-0.39, 0.29) is 5.56 Å². The number of esters is 1. The fourth-order valence-electron chi connectivity index (χ4n) is 5.06. The van der Waals surface area contributed by atoms with Crippen LogP contribution in [-0.4, -0.2) is 17.5 Å². The van der Waals surface area contributed by atoms with Crippen molar-refractivity contribution in [2.45, 2.75) is 31.6 Å². The maximum atomic E-state index is 13.5. The van der Waals surface area contributed by atoms with E-state index < -0.39 is 5.97 Å². The van der Waals surface area contributed by atoms with Crippen molar-refractivity contribution in [3.05, 3.63) is 122 Å². The summed E-state index contributed by atoms with van der Waals surface area (Å²) in [5.41, 5.74) is 4.78. The van der Waals surface area contributed by atoms with Crippen LogP contribution in [0.1, 0.15) is 56.4 Å². The lowest BCUT2D eigenvalue weighted by atomic mass is 9.95. The van der Waals surface area contributed by atoms with Crippen LogP contribution in [0, 0.1) is 0 Å². The Labute approximate surface area is 207 Å². The number of carbonyl (C=O) groups excluding carboxylic acids is 1. The number of methoxy groups -OCH3 is 1. The van der Waals surface area contributed by atoms with Crippen molar-refractivity contribution in [3.8, 4) is 0 Å². The molecule has 5 heteroatoms. The van der Waals surface area contributed by atoms with E-state index >= 15 is 0 Å². The van der Waals surface area contributed by atoms with Crippen LogP contribution in [0.15, 0.2) is 83.7 Å². The summed E-state index contributed by atoms with van der Waals surface area (Å²) >= 11 is 1.56. The zero-order valence-corrected chi connectivity index (χ0v) is 20.3. The van der Waals surface area contributed by atoms with E-state index in [2.05, 4.69) is 42.5 Å². The molecule has 0 radical (unpaired) electrons. The van der Waals surface area contributed by atoms with Crippen LogP contribution >= 0.6 is 11.3 Å². The van der Waals surface area contributed by atoms with E-state index in [0.29, 0.717) is 24.5 Å². The van der Waals surface area contributed by atoms with Crippen molar-refractivity contribution in [2.24, 2.45) is 0 Å². The highest BCUT2D eigenvalue weighted by Crippen LogP contribution is 2.46. The summed E-state index contributed by atoms with van der Waals surface area (Å²) in [6.07, 6.45) is 3.49. The van der Waals surface area contributed by atoms with Crippen LogP contribution in [0.3, 0.4) is 0 Å². The first-order valence-corrected chi connectivity index (χ1v) is 12.7. The quantitative estimate of drug-likeness (QED) is 0.266. The van der Waals surface area contributed by atoms with Gasteiger partial charge in [0.15, 0.2) is 0 Å². The van der Waals surface area contributed by atoms with Crippen LogP contribution in [-0.2, 0) is 17.6 Å². The van der Waals surface area contributed by atoms with E-state index in [0.717, 1.165) is 33.7 Å². The van der Waals surface area contributed by atoms with Gasteiger partial charge >= 0.3 is 5.97 Å².